The van der Waals surface area contributed by atoms with E-state index in [9.17, 15) is 4.79 Å². The van der Waals surface area contributed by atoms with Gasteiger partial charge in [0.1, 0.15) is 0 Å². The molecule has 2 saturated heterocycles. The Kier molecular flexibility index (Phi) is 5.62. The molecule has 6 heteroatoms. The summed E-state index contributed by atoms with van der Waals surface area (Å²) < 4.78 is 0. The van der Waals surface area contributed by atoms with Crippen LogP contribution in [0.2, 0.25) is 5.02 Å². The summed E-state index contributed by atoms with van der Waals surface area (Å²) >= 11 is 6.15. The Hall–Kier alpha value is -2.40. The van der Waals surface area contributed by atoms with E-state index in [1.807, 2.05) is 35.2 Å². The zero-order valence-electron chi connectivity index (χ0n) is 16.3. The van der Waals surface area contributed by atoms with Crippen molar-refractivity contribution >= 4 is 34.7 Å². The van der Waals surface area contributed by atoms with Gasteiger partial charge in [0.15, 0.2) is 0 Å². The number of hydrogen-bond acceptors (Lipinski definition) is 3. The van der Waals surface area contributed by atoms with E-state index < -0.39 is 0 Å². The maximum absolute atomic E-state index is 12.6. The van der Waals surface area contributed by atoms with Gasteiger partial charge < -0.3 is 20.0 Å². The van der Waals surface area contributed by atoms with Gasteiger partial charge in [-0.25, -0.2) is 4.79 Å². The molecule has 0 radical (unpaired) electrons. The number of rotatable bonds is 3. The number of benzene rings is 2. The van der Waals surface area contributed by atoms with Crippen molar-refractivity contribution in [3.63, 3.8) is 0 Å². The zero-order valence-corrected chi connectivity index (χ0v) is 17.1. The summed E-state index contributed by atoms with van der Waals surface area (Å²) in [7, 11) is 0. The molecule has 2 amide bonds. The van der Waals surface area contributed by atoms with Gasteiger partial charge in [-0.3, -0.25) is 0 Å². The number of nitrogens with zero attached hydrogens (tertiary/aromatic N) is 3. The summed E-state index contributed by atoms with van der Waals surface area (Å²) in [5, 5.41) is 3.78. The van der Waals surface area contributed by atoms with E-state index in [4.69, 9.17) is 11.6 Å². The van der Waals surface area contributed by atoms with Crippen LogP contribution in [0.4, 0.5) is 21.9 Å². The fourth-order valence-electron chi connectivity index (χ4n) is 4.01. The molecule has 0 aromatic heterocycles. The quantitative estimate of drug-likeness (QED) is 0.820. The predicted molar refractivity (Wildman–Crippen MR) is 117 cm³/mol. The van der Waals surface area contributed by atoms with Crippen LogP contribution in [-0.4, -0.2) is 50.2 Å². The van der Waals surface area contributed by atoms with Crippen LogP contribution in [0.15, 0.2) is 42.5 Å². The number of aryl methyl sites for hydroxylation is 1. The third-order valence-corrected chi connectivity index (χ3v) is 5.90. The second-order valence-corrected chi connectivity index (χ2v) is 8.01. The Balaban J connectivity index is 1.32. The molecule has 1 N–H and O–H groups in total. The molecule has 4 rings (SSSR count). The van der Waals surface area contributed by atoms with Crippen molar-refractivity contribution in [2.24, 2.45) is 0 Å². The van der Waals surface area contributed by atoms with E-state index >= 15 is 0 Å². The van der Waals surface area contributed by atoms with Gasteiger partial charge in [-0.15, -0.1) is 0 Å². The number of anilines is 3. The molecule has 0 aliphatic carbocycles. The number of piperazine rings is 1. The molecule has 5 nitrogen and oxygen atoms in total. The summed E-state index contributed by atoms with van der Waals surface area (Å²) in [6, 6.07) is 14.1. The van der Waals surface area contributed by atoms with Crippen LogP contribution in [0, 0.1) is 6.92 Å². The molecule has 28 heavy (non-hydrogen) atoms. The molecule has 2 heterocycles. The van der Waals surface area contributed by atoms with E-state index in [1.165, 1.54) is 24.1 Å². The highest BCUT2D eigenvalue weighted by Crippen LogP contribution is 2.26. The minimum absolute atomic E-state index is 0.0311. The second kappa shape index (κ2) is 8.31. The Morgan fingerprint density at radius 3 is 2.25 bits per heavy atom. The summed E-state index contributed by atoms with van der Waals surface area (Å²) in [6.45, 7) is 7.36. The number of nitrogens with one attached hydrogen (secondary N) is 1. The first-order chi connectivity index (χ1) is 13.6. The van der Waals surface area contributed by atoms with Crippen molar-refractivity contribution in [1.82, 2.24) is 4.90 Å². The molecule has 2 aromatic carbocycles. The van der Waals surface area contributed by atoms with Crippen molar-refractivity contribution < 1.29 is 4.79 Å². The minimum Gasteiger partial charge on any atom is -0.372 e. The van der Waals surface area contributed by atoms with E-state index in [2.05, 4.69) is 34.2 Å². The average Bonchev–Trinajstić information content (AvgIpc) is 3.25. The van der Waals surface area contributed by atoms with Crippen molar-refractivity contribution in [2.45, 2.75) is 19.8 Å². The van der Waals surface area contributed by atoms with Gasteiger partial charge in [0.05, 0.1) is 0 Å². The predicted octanol–water partition coefficient (Wildman–Crippen LogP) is 4.60. The van der Waals surface area contributed by atoms with E-state index in [1.54, 1.807) is 0 Å². The lowest BCUT2D eigenvalue weighted by Crippen LogP contribution is -2.50. The smallest absolute Gasteiger partial charge is 0.321 e. The lowest BCUT2D eigenvalue weighted by molar-refractivity contribution is 0.208. The Morgan fingerprint density at radius 2 is 1.57 bits per heavy atom. The number of carbonyl (C=O) groups is 1. The Labute approximate surface area is 171 Å². The fraction of sp³-hybridized carbons (Fsp3) is 0.409. The Morgan fingerprint density at radius 1 is 0.893 bits per heavy atom. The molecular weight excluding hydrogens is 372 g/mol. The molecule has 0 spiro atoms. The standard InChI is InChI=1S/C22H27ClN4O/c1-17-4-5-18(23)16-21(17)26-12-14-27(15-13-26)22(28)24-19-6-8-20(9-7-19)25-10-2-3-11-25/h4-9,16H,2-3,10-15H2,1H3,(H,24,28). The molecular formula is C22H27ClN4O. The van der Waals surface area contributed by atoms with Crippen LogP contribution in [0.3, 0.4) is 0 Å². The summed E-state index contributed by atoms with van der Waals surface area (Å²) in [4.78, 5) is 19.2. The zero-order chi connectivity index (χ0) is 19.5. The van der Waals surface area contributed by atoms with Crippen molar-refractivity contribution in [2.75, 3.05) is 54.4 Å². The van der Waals surface area contributed by atoms with E-state index in [0.717, 1.165) is 42.6 Å². The van der Waals surface area contributed by atoms with Crippen LogP contribution in [0.25, 0.3) is 0 Å². The van der Waals surface area contributed by atoms with Gasteiger partial charge in [0, 0.05) is 61.4 Å². The molecule has 0 unspecified atom stereocenters. The molecule has 2 aliphatic heterocycles. The summed E-state index contributed by atoms with van der Waals surface area (Å²) in [5.41, 5.74) is 4.45. The normalized spacial score (nSPS) is 17.1. The van der Waals surface area contributed by atoms with Crippen LogP contribution in [0.1, 0.15) is 18.4 Å². The highest BCUT2D eigenvalue weighted by Gasteiger charge is 2.22. The SMILES string of the molecule is Cc1ccc(Cl)cc1N1CCN(C(=O)Nc2ccc(N3CCCC3)cc2)CC1. The molecule has 0 bridgehead atoms. The fourth-order valence-corrected chi connectivity index (χ4v) is 4.17. The van der Waals surface area contributed by atoms with Gasteiger partial charge in [-0.1, -0.05) is 17.7 Å². The van der Waals surface area contributed by atoms with E-state index in [-0.39, 0.29) is 6.03 Å². The topological polar surface area (TPSA) is 38.8 Å². The largest absolute Gasteiger partial charge is 0.372 e. The number of amides is 2. The minimum atomic E-state index is -0.0311. The molecule has 2 aromatic rings. The molecule has 0 atom stereocenters. The van der Waals surface area contributed by atoms with Gasteiger partial charge >= 0.3 is 6.03 Å². The maximum atomic E-state index is 12.6. The molecule has 2 aliphatic rings. The van der Waals surface area contributed by atoms with Crippen LogP contribution in [0.5, 0.6) is 0 Å². The van der Waals surface area contributed by atoms with Gasteiger partial charge in [-0.05, 0) is 61.7 Å². The van der Waals surface area contributed by atoms with Crippen molar-refractivity contribution in [1.29, 1.82) is 0 Å². The van der Waals surface area contributed by atoms with Gasteiger partial charge in [0.2, 0.25) is 0 Å². The van der Waals surface area contributed by atoms with Crippen molar-refractivity contribution in [3.8, 4) is 0 Å². The van der Waals surface area contributed by atoms with Crippen LogP contribution >= 0.6 is 11.6 Å². The number of hydrogen-bond donors (Lipinski definition) is 1. The van der Waals surface area contributed by atoms with Crippen LogP contribution in [-0.2, 0) is 0 Å². The lowest BCUT2D eigenvalue weighted by Gasteiger charge is -2.36. The number of halogens is 1. The van der Waals surface area contributed by atoms with Crippen LogP contribution < -0.4 is 15.1 Å². The first kappa shape index (κ1) is 18.9. The lowest BCUT2D eigenvalue weighted by atomic mass is 10.1. The first-order valence-electron chi connectivity index (χ1n) is 10.0. The van der Waals surface area contributed by atoms with E-state index in [0.29, 0.717) is 13.1 Å². The van der Waals surface area contributed by atoms with Crippen molar-refractivity contribution in [3.05, 3.63) is 53.1 Å². The monoisotopic (exact) mass is 398 g/mol. The average molecular weight is 399 g/mol. The second-order valence-electron chi connectivity index (χ2n) is 7.58. The number of urea groups is 1. The first-order valence-corrected chi connectivity index (χ1v) is 10.4. The third-order valence-electron chi connectivity index (χ3n) is 5.67. The third kappa shape index (κ3) is 4.20. The maximum Gasteiger partial charge on any atom is 0.321 e. The molecule has 148 valence electrons. The Bertz CT molecular complexity index is 825. The number of carbonyl (C=O) groups excluding carboxylic acids is 1. The molecule has 2 fully saturated rings. The summed E-state index contributed by atoms with van der Waals surface area (Å²) in [6.07, 6.45) is 2.53. The molecule has 0 saturated carbocycles. The highest BCUT2D eigenvalue weighted by molar-refractivity contribution is 6.30. The van der Waals surface area contributed by atoms with Gasteiger partial charge in [0.25, 0.3) is 0 Å². The van der Waals surface area contributed by atoms with Gasteiger partial charge in [-0.2, -0.15) is 0 Å². The summed E-state index contributed by atoms with van der Waals surface area (Å²) in [5.74, 6) is 0. The highest BCUT2D eigenvalue weighted by atomic mass is 35.5.